The average molecular weight is 233 g/mol. The zero-order chi connectivity index (χ0) is 12.7. The first-order valence-electron chi connectivity index (χ1n) is 5.04. The van der Waals surface area contributed by atoms with Gasteiger partial charge in [0.1, 0.15) is 18.2 Å². The molecule has 0 saturated carbocycles. The molecule has 0 aliphatic carbocycles. The van der Waals surface area contributed by atoms with Crippen molar-refractivity contribution in [3.63, 3.8) is 0 Å². The minimum Gasteiger partial charge on any atom is -0.480 e. The Kier molecular flexibility index (Phi) is 6.63. The van der Waals surface area contributed by atoms with Crippen LogP contribution in [0, 0.1) is 0 Å². The summed E-state index contributed by atoms with van der Waals surface area (Å²) < 4.78 is 4.82. The first-order chi connectivity index (χ1) is 7.40. The molecule has 16 heavy (non-hydrogen) atoms. The zero-order valence-electron chi connectivity index (χ0n) is 9.26. The van der Waals surface area contributed by atoms with Gasteiger partial charge >= 0.3 is 11.9 Å². The number of carbonyl (C=O) groups excluding carboxylic acids is 1. The summed E-state index contributed by atoms with van der Waals surface area (Å²) in [5.74, 6) is -1.88. The topological polar surface area (TPSA) is 142 Å². The van der Waals surface area contributed by atoms with Crippen LogP contribution < -0.4 is 17.2 Å². The molecule has 0 fully saturated rings. The lowest BCUT2D eigenvalue weighted by atomic mass is 10.1. The Morgan fingerprint density at radius 1 is 1.38 bits per heavy atom. The number of carboxylic acid groups (broad SMARTS) is 1. The van der Waals surface area contributed by atoms with E-state index >= 15 is 0 Å². The third-order valence-electron chi connectivity index (χ3n) is 2.11. The van der Waals surface area contributed by atoms with Gasteiger partial charge in [-0.3, -0.25) is 9.59 Å². The predicted octanol–water partition coefficient (Wildman–Crippen LogP) is -1.60. The highest BCUT2D eigenvalue weighted by molar-refractivity contribution is 5.77. The molecule has 0 aliphatic heterocycles. The Labute approximate surface area is 93.9 Å². The van der Waals surface area contributed by atoms with Gasteiger partial charge in [0.2, 0.25) is 0 Å². The van der Waals surface area contributed by atoms with E-state index in [9.17, 15) is 9.59 Å². The van der Waals surface area contributed by atoms with Crippen molar-refractivity contribution in [3.8, 4) is 0 Å². The molecule has 0 amide bonds. The van der Waals surface area contributed by atoms with Gasteiger partial charge in [-0.2, -0.15) is 0 Å². The summed E-state index contributed by atoms with van der Waals surface area (Å²) in [5.41, 5.74) is 16.0. The van der Waals surface area contributed by atoms with E-state index in [0.29, 0.717) is 19.4 Å². The molecule has 0 aromatic carbocycles. The first-order valence-corrected chi connectivity index (χ1v) is 5.04. The van der Waals surface area contributed by atoms with Gasteiger partial charge in [-0.25, -0.2) is 0 Å². The van der Waals surface area contributed by atoms with Crippen molar-refractivity contribution in [1.82, 2.24) is 0 Å². The molecule has 0 aliphatic rings. The average Bonchev–Trinajstić information content (AvgIpc) is 2.24. The number of rotatable bonds is 7. The van der Waals surface area contributed by atoms with Crippen molar-refractivity contribution < 1.29 is 19.4 Å². The molecule has 0 radical (unpaired) electrons. The highest BCUT2D eigenvalue weighted by Gasteiger charge is 2.25. The van der Waals surface area contributed by atoms with E-state index in [-0.39, 0.29) is 0 Å². The molecule has 0 aromatic heterocycles. The molecular weight excluding hydrogens is 214 g/mol. The zero-order valence-corrected chi connectivity index (χ0v) is 9.26. The minimum absolute atomic E-state index is 0.407. The van der Waals surface area contributed by atoms with Crippen LogP contribution in [0.5, 0.6) is 0 Å². The third-order valence-corrected chi connectivity index (χ3v) is 2.11. The van der Waals surface area contributed by atoms with Crippen LogP contribution in [0.25, 0.3) is 0 Å². The normalized spacial score (nSPS) is 16.2. The van der Waals surface area contributed by atoms with Gasteiger partial charge in [0.15, 0.2) is 0 Å². The van der Waals surface area contributed by atoms with Crippen LogP contribution in [0.4, 0.5) is 0 Å². The smallest absolute Gasteiger partial charge is 0.324 e. The summed E-state index contributed by atoms with van der Waals surface area (Å²) in [4.78, 5) is 21.8. The van der Waals surface area contributed by atoms with Crippen molar-refractivity contribution in [2.75, 3.05) is 6.54 Å². The van der Waals surface area contributed by atoms with Crippen molar-refractivity contribution in [3.05, 3.63) is 0 Å². The number of aliphatic carboxylic acids is 1. The number of ether oxygens (including phenoxy) is 1. The number of carboxylic acids is 1. The molecule has 7 heteroatoms. The molecule has 0 bridgehead atoms. The second-order valence-corrected chi connectivity index (χ2v) is 3.54. The van der Waals surface area contributed by atoms with Gasteiger partial charge in [0.05, 0.1) is 0 Å². The first kappa shape index (κ1) is 14.8. The van der Waals surface area contributed by atoms with Gasteiger partial charge in [0.25, 0.3) is 0 Å². The summed E-state index contributed by atoms with van der Waals surface area (Å²) in [5, 5.41) is 8.58. The lowest BCUT2D eigenvalue weighted by Crippen LogP contribution is -2.45. The second kappa shape index (κ2) is 7.15. The van der Waals surface area contributed by atoms with E-state index < -0.39 is 30.1 Å². The molecule has 7 nitrogen and oxygen atoms in total. The summed E-state index contributed by atoms with van der Waals surface area (Å²) in [6.45, 7) is 1.84. The van der Waals surface area contributed by atoms with Crippen molar-refractivity contribution in [2.45, 2.75) is 38.0 Å². The number of carbonyl (C=O) groups is 2. The van der Waals surface area contributed by atoms with Crippen LogP contribution in [-0.2, 0) is 14.3 Å². The van der Waals surface area contributed by atoms with Gasteiger partial charge in [-0.1, -0.05) is 0 Å². The van der Waals surface area contributed by atoms with Gasteiger partial charge in [-0.15, -0.1) is 0 Å². The Balaban J connectivity index is 4.07. The quantitative estimate of drug-likeness (QED) is 0.388. The lowest BCUT2D eigenvalue weighted by Gasteiger charge is -2.19. The maximum Gasteiger partial charge on any atom is 0.324 e. The molecular formula is C9H19N3O4. The van der Waals surface area contributed by atoms with Crippen LogP contribution >= 0.6 is 0 Å². The molecule has 0 heterocycles. The van der Waals surface area contributed by atoms with Crippen LogP contribution in [-0.4, -0.2) is 41.8 Å². The minimum atomic E-state index is -1.24. The Hall–Kier alpha value is -1.18. The number of nitrogens with two attached hydrogens (primary N) is 3. The fourth-order valence-corrected chi connectivity index (χ4v) is 1.00. The summed E-state index contributed by atoms with van der Waals surface area (Å²) in [7, 11) is 0. The monoisotopic (exact) mass is 233 g/mol. The summed E-state index contributed by atoms with van der Waals surface area (Å²) in [6.07, 6.45) is 0.105. The molecule has 0 rings (SSSR count). The van der Waals surface area contributed by atoms with Crippen molar-refractivity contribution in [2.24, 2.45) is 17.2 Å². The molecule has 3 atom stereocenters. The lowest BCUT2D eigenvalue weighted by molar-refractivity contribution is -0.154. The van der Waals surface area contributed by atoms with E-state index in [1.54, 1.807) is 0 Å². The standard InChI is InChI=1S/C9H19N3O4/c1-5(7(12)8(13)14)16-9(15)6(11)3-2-4-10/h5-7H,2-4,10-12H2,1H3,(H,13,14)/t5-,6+,7+/m1/s1. The van der Waals surface area contributed by atoms with Crippen LogP contribution in [0.15, 0.2) is 0 Å². The third kappa shape index (κ3) is 5.06. The fourth-order valence-electron chi connectivity index (χ4n) is 1.00. The van der Waals surface area contributed by atoms with E-state index in [1.807, 2.05) is 0 Å². The van der Waals surface area contributed by atoms with Gasteiger partial charge in [0, 0.05) is 0 Å². The Morgan fingerprint density at radius 2 is 1.94 bits per heavy atom. The van der Waals surface area contributed by atoms with E-state index in [0.717, 1.165) is 0 Å². The molecule has 94 valence electrons. The van der Waals surface area contributed by atoms with Crippen LogP contribution in [0.3, 0.4) is 0 Å². The van der Waals surface area contributed by atoms with Crippen LogP contribution in [0.2, 0.25) is 0 Å². The SMILES string of the molecule is C[C@@H](OC(=O)[C@@H](N)CCCN)[C@H](N)C(=O)O. The van der Waals surface area contributed by atoms with E-state index in [1.165, 1.54) is 6.92 Å². The largest absolute Gasteiger partial charge is 0.480 e. The van der Waals surface area contributed by atoms with Crippen LogP contribution in [0.1, 0.15) is 19.8 Å². The van der Waals surface area contributed by atoms with Crippen molar-refractivity contribution >= 4 is 11.9 Å². The highest BCUT2D eigenvalue weighted by Crippen LogP contribution is 2.02. The Morgan fingerprint density at radius 3 is 2.38 bits per heavy atom. The summed E-state index contributed by atoms with van der Waals surface area (Å²) in [6, 6.07) is -2.03. The highest BCUT2D eigenvalue weighted by atomic mass is 16.5. The van der Waals surface area contributed by atoms with Crippen molar-refractivity contribution in [1.29, 1.82) is 0 Å². The molecule has 0 saturated heterocycles. The molecule has 0 unspecified atom stereocenters. The van der Waals surface area contributed by atoms with Gasteiger partial charge < -0.3 is 27.0 Å². The predicted molar refractivity (Wildman–Crippen MR) is 57.4 cm³/mol. The number of hydrogen-bond donors (Lipinski definition) is 4. The molecule has 7 N–H and O–H groups in total. The Bertz CT molecular complexity index is 247. The van der Waals surface area contributed by atoms with E-state index in [4.69, 9.17) is 27.0 Å². The maximum absolute atomic E-state index is 11.3. The molecule has 0 aromatic rings. The molecule has 0 spiro atoms. The van der Waals surface area contributed by atoms with E-state index in [2.05, 4.69) is 0 Å². The fraction of sp³-hybridized carbons (Fsp3) is 0.778. The van der Waals surface area contributed by atoms with Gasteiger partial charge in [-0.05, 0) is 26.3 Å². The second-order valence-electron chi connectivity index (χ2n) is 3.54. The number of hydrogen-bond acceptors (Lipinski definition) is 6. The maximum atomic E-state index is 11.3. The number of esters is 1. The summed E-state index contributed by atoms with van der Waals surface area (Å²) >= 11 is 0.